The van der Waals surface area contributed by atoms with E-state index in [9.17, 15) is 9.59 Å². The summed E-state index contributed by atoms with van der Waals surface area (Å²) in [4.78, 5) is 39.4. The summed E-state index contributed by atoms with van der Waals surface area (Å²) in [5, 5.41) is 0.563. The number of aryl methyl sites for hydroxylation is 1. The molecule has 0 aliphatic carbocycles. The summed E-state index contributed by atoms with van der Waals surface area (Å²) in [5.74, 6) is 0.475. The smallest absolute Gasteiger partial charge is 0.261 e. The van der Waals surface area contributed by atoms with Gasteiger partial charge in [-0.05, 0) is 25.0 Å². The van der Waals surface area contributed by atoms with Crippen LogP contribution in [0.1, 0.15) is 19.3 Å². The average Bonchev–Trinajstić information content (AvgIpc) is 2.74. The van der Waals surface area contributed by atoms with Crippen molar-refractivity contribution in [3.8, 4) is 5.88 Å². The van der Waals surface area contributed by atoms with E-state index in [2.05, 4.69) is 15.0 Å². The standard InChI is InChI=1S/C20H21N5O3/c26-19(7-11-25-14-23-17-6-2-1-5-16(17)20(25)27)24-10-3-4-15(13-24)28-18-12-21-8-9-22-18/h1-2,5-6,8-9,12,14-15H,3-4,7,10-11,13H2/t15-/m0/s1. The van der Waals surface area contributed by atoms with Crippen LogP contribution in [0.3, 0.4) is 0 Å². The molecule has 0 radical (unpaired) electrons. The number of rotatable bonds is 5. The molecule has 1 amide bonds. The van der Waals surface area contributed by atoms with E-state index in [-0.39, 0.29) is 24.0 Å². The van der Waals surface area contributed by atoms with Crippen molar-refractivity contribution in [2.75, 3.05) is 13.1 Å². The fourth-order valence-electron chi connectivity index (χ4n) is 3.42. The summed E-state index contributed by atoms with van der Waals surface area (Å²) in [5.41, 5.74) is 0.538. The van der Waals surface area contributed by atoms with E-state index in [0.717, 1.165) is 12.8 Å². The van der Waals surface area contributed by atoms with Crippen LogP contribution >= 0.6 is 0 Å². The third-order valence-electron chi connectivity index (χ3n) is 4.86. The summed E-state index contributed by atoms with van der Waals surface area (Å²) in [7, 11) is 0. The summed E-state index contributed by atoms with van der Waals surface area (Å²) in [6.07, 6.45) is 8.14. The van der Waals surface area contributed by atoms with E-state index in [1.807, 2.05) is 12.1 Å². The third-order valence-corrected chi connectivity index (χ3v) is 4.86. The molecule has 1 atom stereocenters. The van der Waals surface area contributed by atoms with E-state index in [1.165, 1.54) is 10.9 Å². The molecule has 1 aromatic carbocycles. The number of para-hydroxylation sites is 1. The Morgan fingerprint density at radius 2 is 2.11 bits per heavy atom. The Hall–Kier alpha value is -3.29. The first kappa shape index (κ1) is 18.1. The van der Waals surface area contributed by atoms with Crippen LogP contribution in [0.4, 0.5) is 0 Å². The van der Waals surface area contributed by atoms with Gasteiger partial charge in [-0.3, -0.25) is 19.1 Å². The lowest BCUT2D eigenvalue weighted by molar-refractivity contribution is -0.134. The highest BCUT2D eigenvalue weighted by Gasteiger charge is 2.25. The van der Waals surface area contributed by atoms with Crippen LogP contribution < -0.4 is 10.3 Å². The summed E-state index contributed by atoms with van der Waals surface area (Å²) >= 11 is 0. The second kappa shape index (κ2) is 8.16. The summed E-state index contributed by atoms with van der Waals surface area (Å²) in [6.45, 7) is 1.52. The summed E-state index contributed by atoms with van der Waals surface area (Å²) in [6, 6.07) is 7.21. The number of ether oxygens (including phenoxy) is 1. The van der Waals surface area contributed by atoms with Gasteiger partial charge in [0.1, 0.15) is 6.10 Å². The molecule has 1 aliphatic heterocycles. The molecular weight excluding hydrogens is 358 g/mol. The molecule has 144 valence electrons. The largest absolute Gasteiger partial charge is 0.471 e. The zero-order valence-electron chi connectivity index (χ0n) is 15.4. The number of hydrogen-bond donors (Lipinski definition) is 0. The van der Waals surface area contributed by atoms with Crippen LogP contribution in [0.5, 0.6) is 5.88 Å². The predicted molar refractivity (Wildman–Crippen MR) is 103 cm³/mol. The van der Waals surface area contributed by atoms with Gasteiger partial charge < -0.3 is 9.64 Å². The average molecular weight is 379 g/mol. The van der Waals surface area contributed by atoms with Crippen molar-refractivity contribution in [2.24, 2.45) is 0 Å². The molecule has 8 heteroatoms. The van der Waals surface area contributed by atoms with Gasteiger partial charge in [0.15, 0.2) is 0 Å². The maximum Gasteiger partial charge on any atom is 0.261 e. The van der Waals surface area contributed by atoms with Gasteiger partial charge in [-0.1, -0.05) is 12.1 Å². The predicted octanol–water partition coefficient (Wildman–Crippen LogP) is 1.65. The number of benzene rings is 1. The van der Waals surface area contributed by atoms with Gasteiger partial charge in [-0.15, -0.1) is 0 Å². The van der Waals surface area contributed by atoms with E-state index in [4.69, 9.17) is 4.74 Å². The van der Waals surface area contributed by atoms with Gasteiger partial charge in [0.05, 0.1) is 30.0 Å². The van der Waals surface area contributed by atoms with Crippen LogP contribution in [0.15, 0.2) is 54.0 Å². The number of hydrogen-bond acceptors (Lipinski definition) is 6. The molecule has 1 aliphatic rings. The Morgan fingerprint density at radius 3 is 2.96 bits per heavy atom. The van der Waals surface area contributed by atoms with Crippen molar-refractivity contribution >= 4 is 16.8 Å². The van der Waals surface area contributed by atoms with Crippen LogP contribution in [0, 0.1) is 0 Å². The first-order valence-corrected chi connectivity index (χ1v) is 9.35. The van der Waals surface area contributed by atoms with Gasteiger partial charge in [-0.25, -0.2) is 9.97 Å². The SMILES string of the molecule is O=C(CCn1cnc2ccccc2c1=O)N1CCC[C@H](Oc2cnccn2)C1. The summed E-state index contributed by atoms with van der Waals surface area (Å²) < 4.78 is 7.33. The molecule has 1 saturated heterocycles. The zero-order chi connectivity index (χ0) is 19.3. The minimum absolute atomic E-state index is 0.00695. The Bertz CT molecular complexity index is 1020. The highest BCUT2D eigenvalue weighted by atomic mass is 16.5. The lowest BCUT2D eigenvalue weighted by atomic mass is 10.1. The molecule has 4 rings (SSSR count). The number of likely N-dealkylation sites (tertiary alicyclic amines) is 1. The fraction of sp³-hybridized carbons (Fsp3) is 0.350. The molecule has 0 saturated carbocycles. The highest BCUT2D eigenvalue weighted by Crippen LogP contribution is 2.16. The van der Waals surface area contributed by atoms with E-state index >= 15 is 0 Å². The molecule has 3 aromatic rings. The normalized spacial score (nSPS) is 16.9. The number of aromatic nitrogens is 4. The van der Waals surface area contributed by atoms with Crippen molar-refractivity contribution in [3.63, 3.8) is 0 Å². The first-order chi connectivity index (χ1) is 13.7. The minimum Gasteiger partial charge on any atom is -0.471 e. The fourth-order valence-corrected chi connectivity index (χ4v) is 3.42. The maximum atomic E-state index is 12.7. The second-order valence-electron chi connectivity index (χ2n) is 6.78. The number of carbonyl (C=O) groups is 1. The Labute approximate surface area is 161 Å². The molecular formula is C20H21N5O3. The van der Waals surface area contributed by atoms with E-state index in [0.29, 0.717) is 36.4 Å². The van der Waals surface area contributed by atoms with Gasteiger partial charge in [-0.2, -0.15) is 0 Å². The molecule has 8 nitrogen and oxygen atoms in total. The lowest BCUT2D eigenvalue weighted by Crippen LogP contribution is -2.44. The van der Waals surface area contributed by atoms with Gasteiger partial charge >= 0.3 is 0 Å². The van der Waals surface area contributed by atoms with Crippen LogP contribution in [0.25, 0.3) is 10.9 Å². The van der Waals surface area contributed by atoms with Gasteiger partial charge in [0, 0.05) is 31.9 Å². The monoisotopic (exact) mass is 379 g/mol. The van der Waals surface area contributed by atoms with Crippen LogP contribution in [0.2, 0.25) is 0 Å². The van der Waals surface area contributed by atoms with Crippen LogP contribution in [-0.4, -0.2) is 49.5 Å². The Morgan fingerprint density at radius 1 is 1.21 bits per heavy atom. The van der Waals surface area contributed by atoms with E-state index in [1.54, 1.807) is 35.6 Å². The molecule has 0 N–H and O–H groups in total. The quantitative estimate of drug-likeness (QED) is 0.670. The van der Waals surface area contributed by atoms with Crippen molar-refractivity contribution in [2.45, 2.75) is 31.9 Å². The minimum atomic E-state index is -0.124. The van der Waals surface area contributed by atoms with Crippen molar-refractivity contribution in [1.82, 2.24) is 24.4 Å². The van der Waals surface area contributed by atoms with E-state index < -0.39 is 0 Å². The molecule has 3 heterocycles. The number of amides is 1. The number of piperidine rings is 1. The number of fused-ring (bicyclic) bond motifs is 1. The number of nitrogens with zero attached hydrogens (tertiary/aromatic N) is 5. The lowest BCUT2D eigenvalue weighted by Gasteiger charge is -2.32. The third kappa shape index (κ3) is 4.00. The van der Waals surface area contributed by atoms with Gasteiger partial charge in [0.25, 0.3) is 5.56 Å². The first-order valence-electron chi connectivity index (χ1n) is 9.35. The Balaban J connectivity index is 1.37. The van der Waals surface area contributed by atoms with Crippen molar-refractivity contribution in [3.05, 3.63) is 59.5 Å². The molecule has 0 bridgehead atoms. The van der Waals surface area contributed by atoms with Gasteiger partial charge in [0.2, 0.25) is 11.8 Å². The van der Waals surface area contributed by atoms with Crippen molar-refractivity contribution < 1.29 is 9.53 Å². The molecule has 0 spiro atoms. The zero-order valence-corrected chi connectivity index (χ0v) is 15.4. The molecule has 28 heavy (non-hydrogen) atoms. The molecule has 0 unspecified atom stereocenters. The Kier molecular flexibility index (Phi) is 5.27. The number of carbonyl (C=O) groups excluding carboxylic acids is 1. The topological polar surface area (TPSA) is 90.2 Å². The molecule has 1 fully saturated rings. The maximum absolute atomic E-state index is 12.7. The second-order valence-corrected chi connectivity index (χ2v) is 6.78. The van der Waals surface area contributed by atoms with Crippen LogP contribution in [-0.2, 0) is 11.3 Å². The molecule has 2 aromatic heterocycles. The van der Waals surface area contributed by atoms with Crippen molar-refractivity contribution in [1.29, 1.82) is 0 Å². The highest BCUT2D eigenvalue weighted by molar-refractivity contribution is 5.77.